The number of aromatic nitrogens is 2. The summed E-state index contributed by atoms with van der Waals surface area (Å²) in [5.41, 5.74) is 0.927. The second kappa shape index (κ2) is 9.34. The van der Waals surface area contributed by atoms with E-state index in [-0.39, 0.29) is 17.9 Å². The van der Waals surface area contributed by atoms with E-state index in [0.29, 0.717) is 37.8 Å². The van der Waals surface area contributed by atoms with Crippen molar-refractivity contribution >= 4 is 17.6 Å². The first-order chi connectivity index (χ1) is 13.6. The van der Waals surface area contributed by atoms with Crippen LogP contribution < -0.4 is 15.5 Å². The molecule has 1 aliphatic heterocycles. The predicted octanol–water partition coefficient (Wildman–Crippen LogP) is 2.10. The van der Waals surface area contributed by atoms with Crippen LogP contribution in [0.1, 0.15) is 44.8 Å². The predicted molar refractivity (Wildman–Crippen MR) is 108 cm³/mol. The highest BCUT2D eigenvalue weighted by atomic mass is 16.5. The maximum Gasteiger partial charge on any atom is 0.229 e. The Bertz CT molecular complexity index is 802. The van der Waals surface area contributed by atoms with Gasteiger partial charge in [-0.2, -0.15) is 4.98 Å². The number of amides is 1. The largest absolute Gasteiger partial charge is 0.357 e. The van der Waals surface area contributed by atoms with Gasteiger partial charge in [-0.15, -0.1) is 0 Å². The van der Waals surface area contributed by atoms with Gasteiger partial charge in [0.05, 0.1) is 12.6 Å². The molecule has 1 unspecified atom stereocenters. The lowest BCUT2D eigenvalue weighted by atomic mass is 10.2. The van der Waals surface area contributed by atoms with Crippen molar-refractivity contribution in [2.24, 2.45) is 4.99 Å². The third kappa shape index (κ3) is 5.09. The van der Waals surface area contributed by atoms with Crippen LogP contribution in [-0.4, -0.2) is 47.7 Å². The van der Waals surface area contributed by atoms with E-state index in [4.69, 9.17) is 4.52 Å². The summed E-state index contributed by atoms with van der Waals surface area (Å²) in [7, 11) is 0. The number of carbonyl (C=O) groups is 1. The first kappa shape index (κ1) is 19.9. The van der Waals surface area contributed by atoms with Crippen molar-refractivity contribution in [2.75, 3.05) is 24.5 Å². The van der Waals surface area contributed by atoms with Gasteiger partial charge in [-0.3, -0.25) is 9.79 Å². The molecule has 1 aromatic carbocycles. The Morgan fingerprint density at radius 3 is 2.82 bits per heavy atom. The molecule has 1 atom stereocenters. The van der Waals surface area contributed by atoms with Gasteiger partial charge in [-0.1, -0.05) is 37.2 Å². The lowest BCUT2D eigenvalue weighted by molar-refractivity contribution is -0.117. The zero-order valence-corrected chi connectivity index (χ0v) is 16.7. The molecular weight excluding hydrogens is 356 g/mol. The third-order valence-corrected chi connectivity index (χ3v) is 4.47. The van der Waals surface area contributed by atoms with Gasteiger partial charge in [0.25, 0.3) is 0 Å². The van der Waals surface area contributed by atoms with Gasteiger partial charge in [0, 0.05) is 37.5 Å². The SMILES string of the molecule is CCNC(=NCCc1nc(C(C)C)no1)NC1CC(=O)N(c2ccccc2)C1. The minimum Gasteiger partial charge on any atom is -0.357 e. The molecule has 0 spiro atoms. The standard InChI is InChI=1S/C20H28N6O2/c1-4-21-20(22-11-10-17-24-19(14(2)3)25-28-17)23-15-12-18(27)26(13-15)16-8-6-5-7-9-16/h5-9,14-15H,4,10-13H2,1-3H3,(H2,21,22,23). The molecule has 150 valence electrons. The quantitative estimate of drug-likeness (QED) is 0.561. The maximum absolute atomic E-state index is 12.4. The molecule has 8 nitrogen and oxygen atoms in total. The molecule has 28 heavy (non-hydrogen) atoms. The number of hydrogen-bond donors (Lipinski definition) is 2. The van der Waals surface area contributed by atoms with Crippen molar-refractivity contribution in [1.29, 1.82) is 0 Å². The average Bonchev–Trinajstić information content (AvgIpc) is 3.29. The molecule has 2 heterocycles. The zero-order valence-electron chi connectivity index (χ0n) is 16.7. The van der Waals surface area contributed by atoms with Crippen LogP contribution in [-0.2, 0) is 11.2 Å². The fraction of sp³-hybridized carbons (Fsp3) is 0.500. The Morgan fingerprint density at radius 1 is 1.36 bits per heavy atom. The summed E-state index contributed by atoms with van der Waals surface area (Å²) >= 11 is 0. The molecular formula is C20H28N6O2. The van der Waals surface area contributed by atoms with Crippen molar-refractivity contribution in [3.05, 3.63) is 42.0 Å². The summed E-state index contributed by atoms with van der Waals surface area (Å²) in [6.45, 7) is 7.96. The lowest BCUT2D eigenvalue weighted by Crippen LogP contribution is -2.44. The number of guanidine groups is 1. The van der Waals surface area contributed by atoms with Crippen molar-refractivity contribution in [3.8, 4) is 0 Å². The smallest absolute Gasteiger partial charge is 0.229 e. The van der Waals surface area contributed by atoms with E-state index in [1.54, 1.807) is 0 Å². The molecule has 1 aliphatic rings. The van der Waals surface area contributed by atoms with Crippen molar-refractivity contribution in [3.63, 3.8) is 0 Å². The first-order valence-electron chi connectivity index (χ1n) is 9.79. The van der Waals surface area contributed by atoms with E-state index in [1.165, 1.54) is 0 Å². The van der Waals surface area contributed by atoms with Crippen LogP contribution in [0.15, 0.2) is 39.8 Å². The van der Waals surface area contributed by atoms with Gasteiger partial charge in [-0.05, 0) is 19.1 Å². The van der Waals surface area contributed by atoms with E-state index in [0.717, 1.165) is 18.1 Å². The number of carbonyl (C=O) groups excluding carboxylic acids is 1. The van der Waals surface area contributed by atoms with Crippen molar-refractivity contribution in [2.45, 2.75) is 45.6 Å². The minimum absolute atomic E-state index is 0.0152. The van der Waals surface area contributed by atoms with E-state index in [9.17, 15) is 4.79 Å². The van der Waals surface area contributed by atoms with E-state index in [1.807, 2.05) is 56.0 Å². The molecule has 0 radical (unpaired) electrons. The van der Waals surface area contributed by atoms with Crippen molar-refractivity contribution in [1.82, 2.24) is 20.8 Å². The summed E-state index contributed by atoms with van der Waals surface area (Å²) in [4.78, 5) is 23.1. The summed E-state index contributed by atoms with van der Waals surface area (Å²) in [5.74, 6) is 2.36. The minimum atomic E-state index is 0.0152. The average molecular weight is 384 g/mol. The molecule has 1 fully saturated rings. The molecule has 8 heteroatoms. The third-order valence-electron chi connectivity index (χ3n) is 4.47. The highest BCUT2D eigenvalue weighted by Gasteiger charge is 2.31. The van der Waals surface area contributed by atoms with Crippen LogP contribution in [0.4, 0.5) is 5.69 Å². The molecule has 0 aliphatic carbocycles. The van der Waals surface area contributed by atoms with Gasteiger partial charge in [0.1, 0.15) is 0 Å². The topological polar surface area (TPSA) is 95.6 Å². The van der Waals surface area contributed by atoms with Crippen molar-refractivity contribution < 1.29 is 9.32 Å². The van der Waals surface area contributed by atoms with Crippen LogP contribution in [0.5, 0.6) is 0 Å². The fourth-order valence-corrected chi connectivity index (χ4v) is 3.04. The monoisotopic (exact) mass is 384 g/mol. The highest BCUT2D eigenvalue weighted by Crippen LogP contribution is 2.20. The molecule has 1 saturated heterocycles. The first-order valence-corrected chi connectivity index (χ1v) is 9.79. The Morgan fingerprint density at radius 2 is 2.14 bits per heavy atom. The molecule has 3 rings (SSSR count). The molecule has 1 amide bonds. The van der Waals surface area contributed by atoms with Gasteiger partial charge in [0.2, 0.25) is 11.8 Å². The van der Waals surface area contributed by atoms with Gasteiger partial charge in [-0.25, -0.2) is 0 Å². The number of rotatable bonds is 7. The Balaban J connectivity index is 1.56. The van der Waals surface area contributed by atoms with Crippen LogP contribution in [0.3, 0.4) is 0 Å². The van der Waals surface area contributed by atoms with Gasteiger partial charge < -0.3 is 20.1 Å². The van der Waals surface area contributed by atoms with Crippen LogP contribution in [0.25, 0.3) is 0 Å². The molecule has 1 aromatic heterocycles. The number of anilines is 1. The second-order valence-corrected chi connectivity index (χ2v) is 7.10. The van der Waals surface area contributed by atoms with E-state index in [2.05, 4.69) is 25.8 Å². The Labute approximate surface area is 165 Å². The normalized spacial score (nSPS) is 17.4. The maximum atomic E-state index is 12.4. The molecule has 0 saturated carbocycles. The number of hydrogen-bond acceptors (Lipinski definition) is 5. The Kier molecular flexibility index (Phi) is 6.62. The number of para-hydroxylation sites is 1. The van der Waals surface area contributed by atoms with Crippen LogP contribution in [0.2, 0.25) is 0 Å². The summed E-state index contributed by atoms with van der Waals surface area (Å²) in [5, 5.41) is 10.6. The van der Waals surface area contributed by atoms with E-state index < -0.39 is 0 Å². The summed E-state index contributed by atoms with van der Waals surface area (Å²) in [6.07, 6.45) is 1.02. The summed E-state index contributed by atoms with van der Waals surface area (Å²) < 4.78 is 5.26. The molecule has 2 N–H and O–H groups in total. The lowest BCUT2D eigenvalue weighted by Gasteiger charge is -2.18. The zero-order chi connectivity index (χ0) is 19.9. The summed E-state index contributed by atoms with van der Waals surface area (Å²) in [6, 6.07) is 9.75. The fourth-order valence-electron chi connectivity index (χ4n) is 3.04. The highest BCUT2D eigenvalue weighted by molar-refractivity contribution is 5.97. The van der Waals surface area contributed by atoms with Crippen LogP contribution >= 0.6 is 0 Å². The number of nitrogens with zero attached hydrogens (tertiary/aromatic N) is 4. The number of aliphatic imine (C=N–C) groups is 1. The van der Waals surface area contributed by atoms with Crippen LogP contribution in [0, 0.1) is 0 Å². The van der Waals surface area contributed by atoms with Gasteiger partial charge in [0.15, 0.2) is 11.8 Å². The Hall–Kier alpha value is -2.90. The number of nitrogens with one attached hydrogen (secondary N) is 2. The van der Waals surface area contributed by atoms with E-state index >= 15 is 0 Å². The molecule has 0 bridgehead atoms. The second-order valence-electron chi connectivity index (χ2n) is 7.10. The van der Waals surface area contributed by atoms with Gasteiger partial charge >= 0.3 is 0 Å². The number of benzene rings is 1. The molecule has 2 aromatic rings.